The molecule has 26 heavy (non-hydrogen) atoms. The highest BCUT2D eigenvalue weighted by atomic mass is 19.1. The van der Waals surface area contributed by atoms with E-state index in [2.05, 4.69) is 32.3 Å². The number of halogens is 1. The number of aromatic nitrogens is 2. The lowest BCUT2D eigenvalue weighted by atomic mass is 10.1. The van der Waals surface area contributed by atoms with Crippen molar-refractivity contribution in [3.63, 3.8) is 0 Å². The van der Waals surface area contributed by atoms with Crippen molar-refractivity contribution in [2.45, 2.75) is 0 Å². The van der Waals surface area contributed by atoms with Crippen LogP contribution in [0.4, 0.5) is 21.7 Å². The molecule has 0 unspecified atom stereocenters. The van der Waals surface area contributed by atoms with Crippen LogP contribution in [0.15, 0.2) is 60.8 Å². The molecule has 1 saturated heterocycles. The van der Waals surface area contributed by atoms with Gasteiger partial charge in [-0.15, -0.1) is 0 Å². The van der Waals surface area contributed by atoms with Gasteiger partial charge < -0.3 is 15.0 Å². The maximum Gasteiger partial charge on any atom is 0.227 e. The van der Waals surface area contributed by atoms with Gasteiger partial charge in [-0.2, -0.15) is 0 Å². The molecule has 3 aromatic rings. The van der Waals surface area contributed by atoms with Crippen LogP contribution in [0.2, 0.25) is 0 Å². The number of benzene rings is 2. The highest BCUT2D eigenvalue weighted by Crippen LogP contribution is 2.22. The van der Waals surface area contributed by atoms with Crippen LogP contribution in [-0.2, 0) is 4.74 Å². The van der Waals surface area contributed by atoms with Crippen molar-refractivity contribution in [1.82, 2.24) is 9.97 Å². The quantitative estimate of drug-likeness (QED) is 0.774. The number of hydrogen-bond acceptors (Lipinski definition) is 5. The zero-order valence-corrected chi connectivity index (χ0v) is 14.2. The fraction of sp³-hybridized carbons (Fsp3) is 0.200. The van der Waals surface area contributed by atoms with Crippen LogP contribution < -0.4 is 10.2 Å². The summed E-state index contributed by atoms with van der Waals surface area (Å²) in [5.41, 5.74) is 3.69. The minimum atomic E-state index is -0.262. The van der Waals surface area contributed by atoms with E-state index in [1.165, 1.54) is 17.8 Å². The van der Waals surface area contributed by atoms with Gasteiger partial charge in [-0.25, -0.2) is 14.4 Å². The lowest BCUT2D eigenvalue weighted by Crippen LogP contribution is -2.36. The molecule has 0 amide bonds. The van der Waals surface area contributed by atoms with E-state index in [1.54, 1.807) is 24.4 Å². The van der Waals surface area contributed by atoms with Crippen LogP contribution in [0.3, 0.4) is 0 Å². The summed E-state index contributed by atoms with van der Waals surface area (Å²) in [5, 5.41) is 3.22. The topological polar surface area (TPSA) is 50.3 Å². The Kier molecular flexibility index (Phi) is 4.75. The van der Waals surface area contributed by atoms with Crippen LogP contribution >= 0.6 is 0 Å². The Bertz CT molecular complexity index is 862. The molecule has 132 valence electrons. The van der Waals surface area contributed by atoms with Crippen LogP contribution in [-0.4, -0.2) is 36.3 Å². The molecule has 0 bridgehead atoms. The van der Waals surface area contributed by atoms with E-state index in [-0.39, 0.29) is 5.82 Å². The second-order valence-electron chi connectivity index (χ2n) is 6.04. The molecule has 0 saturated carbocycles. The molecule has 1 aliphatic heterocycles. The third-order valence-corrected chi connectivity index (χ3v) is 4.30. The molecule has 1 N–H and O–H groups in total. The Morgan fingerprint density at radius 2 is 1.65 bits per heavy atom. The molecular weight excluding hydrogens is 331 g/mol. The number of anilines is 3. The summed E-state index contributed by atoms with van der Waals surface area (Å²) in [6.07, 6.45) is 1.69. The van der Waals surface area contributed by atoms with Gasteiger partial charge in [-0.05, 0) is 54.6 Å². The lowest BCUT2D eigenvalue weighted by Gasteiger charge is -2.28. The van der Waals surface area contributed by atoms with Gasteiger partial charge in [0, 0.05) is 36.2 Å². The predicted octanol–water partition coefficient (Wildman–Crippen LogP) is 3.86. The van der Waals surface area contributed by atoms with Crippen molar-refractivity contribution in [1.29, 1.82) is 0 Å². The Labute approximate surface area is 151 Å². The Morgan fingerprint density at radius 3 is 2.38 bits per heavy atom. The molecule has 1 aromatic heterocycles. The highest BCUT2D eigenvalue weighted by molar-refractivity contribution is 5.63. The normalized spacial score (nSPS) is 14.3. The molecule has 2 aromatic carbocycles. The average Bonchev–Trinajstić information content (AvgIpc) is 2.70. The standard InChI is InChI=1S/C20H19FN4O/c21-16-3-1-15(2-4-16)19-9-10-22-20(24-19)23-17-5-7-18(8-6-17)25-11-13-26-14-12-25/h1-10H,11-14H2,(H,22,23,24). The number of nitrogens with one attached hydrogen (secondary N) is 1. The second-order valence-corrected chi connectivity index (χ2v) is 6.04. The largest absolute Gasteiger partial charge is 0.378 e. The third kappa shape index (κ3) is 3.81. The fourth-order valence-electron chi connectivity index (χ4n) is 2.91. The van der Waals surface area contributed by atoms with Crippen LogP contribution in [0.25, 0.3) is 11.3 Å². The van der Waals surface area contributed by atoms with Gasteiger partial charge in [-0.1, -0.05) is 0 Å². The summed E-state index contributed by atoms with van der Waals surface area (Å²) < 4.78 is 18.5. The van der Waals surface area contributed by atoms with Crippen molar-refractivity contribution >= 4 is 17.3 Å². The van der Waals surface area contributed by atoms with Gasteiger partial charge in [0.05, 0.1) is 18.9 Å². The molecule has 2 heterocycles. The van der Waals surface area contributed by atoms with Crippen LogP contribution in [0.1, 0.15) is 0 Å². The van der Waals surface area contributed by atoms with Crippen molar-refractivity contribution in [2.24, 2.45) is 0 Å². The van der Waals surface area contributed by atoms with Crippen molar-refractivity contribution < 1.29 is 9.13 Å². The molecule has 6 heteroatoms. The van der Waals surface area contributed by atoms with E-state index < -0.39 is 0 Å². The molecule has 0 spiro atoms. The Balaban J connectivity index is 1.48. The van der Waals surface area contributed by atoms with Crippen LogP contribution in [0, 0.1) is 5.82 Å². The van der Waals surface area contributed by atoms with Gasteiger partial charge in [-0.3, -0.25) is 0 Å². The van der Waals surface area contributed by atoms with Crippen molar-refractivity contribution in [2.75, 3.05) is 36.5 Å². The SMILES string of the molecule is Fc1ccc(-c2ccnc(Nc3ccc(N4CCOCC4)cc3)n2)cc1. The Morgan fingerprint density at radius 1 is 0.923 bits per heavy atom. The van der Waals surface area contributed by atoms with Gasteiger partial charge in [0.2, 0.25) is 5.95 Å². The van der Waals surface area contributed by atoms with E-state index >= 15 is 0 Å². The monoisotopic (exact) mass is 350 g/mol. The molecule has 0 radical (unpaired) electrons. The summed E-state index contributed by atoms with van der Waals surface area (Å²) in [6, 6.07) is 16.3. The minimum absolute atomic E-state index is 0.262. The van der Waals surface area contributed by atoms with E-state index in [9.17, 15) is 4.39 Å². The van der Waals surface area contributed by atoms with E-state index in [1.807, 2.05) is 12.1 Å². The smallest absolute Gasteiger partial charge is 0.227 e. The molecule has 4 rings (SSSR count). The lowest BCUT2D eigenvalue weighted by molar-refractivity contribution is 0.122. The third-order valence-electron chi connectivity index (χ3n) is 4.30. The van der Waals surface area contributed by atoms with E-state index in [0.29, 0.717) is 5.95 Å². The molecule has 5 nitrogen and oxygen atoms in total. The summed E-state index contributed by atoms with van der Waals surface area (Å²) in [6.45, 7) is 3.36. The molecule has 0 aliphatic carbocycles. The van der Waals surface area contributed by atoms with Gasteiger partial charge >= 0.3 is 0 Å². The summed E-state index contributed by atoms with van der Waals surface area (Å²) in [4.78, 5) is 11.1. The zero-order valence-electron chi connectivity index (χ0n) is 14.2. The average molecular weight is 350 g/mol. The summed E-state index contributed by atoms with van der Waals surface area (Å²) >= 11 is 0. The molecule has 0 atom stereocenters. The predicted molar refractivity (Wildman–Crippen MR) is 100 cm³/mol. The molecule has 1 fully saturated rings. The maximum absolute atomic E-state index is 13.1. The number of rotatable bonds is 4. The Hall–Kier alpha value is -2.99. The van der Waals surface area contributed by atoms with Gasteiger partial charge in [0.15, 0.2) is 0 Å². The first kappa shape index (κ1) is 16.5. The highest BCUT2D eigenvalue weighted by Gasteiger charge is 2.11. The first-order chi connectivity index (χ1) is 12.8. The molecule has 1 aliphatic rings. The summed E-state index contributed by atoms with van der Waals surface area (Å²) in [5.74, 6) is 0.243. The van der Waals surface area contributed by atoms with E-state index in [0.717, 1.165) is 43.2 Å². The number of ether oxygens (including phenoxy) is 1. The molecular formula is C20H19FN4O. The first-order valence-corrected chi connectivity index (χ1v) is 8.57. The van der Waals surface area contributed by atoms with Crippen molar-refractivity contribution in [3.05, 3.63) is 66.6 Å². The van der Waals surface area contributed by atoms with Crippen LogP contribution in [0.5, 0.6) is 0 Å². The summed E-state index contributed by atoms with van der Waals surface area (Å²) in [7, 11) is 0. The van der Waals surface area contributed by atoms with Crippen molar-refractivity contribution in [3.8, 4) is 11.3 Å². The first-order valence-electron chi connectivity index (χ1n) is 8.57. The maximum atomic E-state index is 13.1. The number of hydrogen-bond donors (Lipinski definition) is 1. The van der Waals surface area contributed by atoms with Gasteiger partial charge in [0.1, 0.15) is 5.82 Å². The van der Waals surface area contributed by atoms with Gasteiger partial charge in [0.25, 0.3) is 0 Å². The number of morpholine rings is 1. The second kappa shape index (κ2) is 7.49. The van der Waals surface area contributed by atoms with E-state index in [4.69, 9.17) is 4.74 Å². The minimum Gasteiger partial charge on any atom is -0.378 e. The fourth-order valence-corrected chi connectivity index (χ4v) is 2.91. The zero-order chi connectivity index (χ0) is 17.8. The number of nitrogens with zero attached hydrogens (tertiary/aromatic N) is 3.